The minimum absolute atomic E-state index is 0.0417. The van der Waals surface area contributed by atoms with Crippen LogP contribution in [0, 0.1) is 11.3 Å². The largest absolute Gasteiger partial charge is 0.405 e. The average Bonchev–Trinajstić information content (AvgIpc) is 3.16. The summed E-state index contributed by atoms with van der Waals surface area (Å²) in [5.41, 5.74) is -0.167. The van der Waals surface area contributed by atoms with Crippen LogP contribution in [-0.4, -0.2) is 66.1 Å². The molecule has 1 aromatic heterocycles. The van der Waals surface area contributed by atoms with Crippen molar-refractivity contribution in [3.8, 4) is 6.07 Å². The molecule has 15 heteroatoms. The molecule has 2 heterocycles. The van der Waals surface area contributed by atoms with Crippen LogP contribution in [0.4, 0.5) is 24.5 Å². The summed E-state index contributed by atoms with van der Waals surface area (Å²) >= 11 is 0.782. The normalized spacial score (nSPS) is 15.3. The van der Waals surface area contributed by atoms with Crippen molar-refractivity contribution in [3.63, 3.8) is 0 Å². The zero-order valence-corrected chi connectivity index (χ0v) is 21.0. The summed E-state index contributed by atoms with van der Waals surface area (Å²) in [5.74, 6) is -1.69. The van der Waals surface area contributed by atoms with Crippen LogP contribution in [0.3, 0.4) is 0 Å². The lowest BCUT2D eigenvalue weighted by atomic mass is 10.2. The monoisotopic (exact) mass is 551 g/mol. The van der Waals surface area contributed by atoms with Crippen molar-refractivity contribution >= 4 is 52.2 Å². The summed E-state index contributed by atoms with van der Waals surface area (Å²) in [5, 5.41) is 19.4. The maximum atomic E-state index is 12.8. The molecule has 202 valence electrons. The number of amides is 3. The molecule has 1 fully saturated rings. The van der Waals surface area contributed by atoms with Crippen molar-refractivity contribution in [3.05, 3.63) is 43.8 Å². The number of thiazole rings is 1. The van der Waals surface area contributed by atoms with E-state index in [2.05, 4.69) is 16.0 Å². The fourth-order valence-corrected chi connectivity index (χ4v) is 4.61. The molecule has 1 aliphatic heterocycles. The molecule has 1 saturated heterocycles. The molecule has 0 unspecified atom stereocenters. The van der Waals surface area contributed by atoms with Gasteiger partial charge < -0.3 is 21.3 Å². The van der Waals surface area contributed by atoms with Crippen molar-refractivity contribution in [1.82, 2.24) is 20.1 Å². The molecular formula is C23H24F3N7O4S. The van der Waals surface area contributed by atoms with Crippen LogP contribution in [0.1, 0.15) is 6.92 Å². The number of benzene rings is 1. The number of hydrogen-bond donors (Lipinski definition) is 4. The number of anilines is 2. The number of aromatic nitrogens is 1. The number of halogens is 3. The molecule has 11 nitrogen and oxygen atoms in total. The second kappa shape index (κ2) is 12.4. The van der Waals surface area contributed by atoms with Crippen molar-refractivity contribution < 1.29 is 27.6 Å². The number of nitrogens with one attached hydrogen (secondary N) is 4. The Bertz CT molecular complexity index is 1440. The average molecular weight is 552 g/mol. The molecule has 0 atom stereocenters. The molecule has 0 spiro atoms. The van der Waals surface area contributed by atoms with Crippen molar-refractivity contribution in [2.45, 2.75) is 19.6 Å². The van der Waals surface area contributed by atoms with Gasteiger partial charge in [0.2, 0.25) is 11.8 Å². The van der Waals surface area contributed by atoms with E-state index < -0.39 is 29.8 Å². The first kappa shape index (κ1) is 28.4. The molecule has 0 aliphatic carbocycles. The predicted octanol–water partition coefficient (Wildman–Crippen LogP) is -0.497. The fourth-order valence-electron chi connectivity index (χ4n) is 3.52. The highest BCUT2D eigenvalue weighted by Crippen LogP contribution is 2.15. The number of carbonyl (C=O) groups is 3. The van der Waals surface area contributed by atoms with Gasteiger partial charge in [0.1, 0.15) is 21.8 Å². The van der Waals surface area contributed by atoms with E-state index >= 15 is 0 Å². The number of nitrogens with zero attached hydrogens (tertiary/aromatic N) is 3. The van der Waals surface area contributed by atoms with E-state index in [1.54, 1.807) is 47.5 Å². The zero-order chi connectivity index (χ0) is 27.9. The quantitative estimate of drug-likeness (QED) is 0.346. The van der Waals surface area contributed by atoms with Crippen LogP contribution in [0.5, 0.6) is 0 Å². The summed E-state index contributed by atoms with van der Waals surface area (Å²) in [7, 11) is 0. The molecular weight excluding hydrogens is 527 g/mol. The zero-order valence-electron chi connectivity index (χ0n) is 20.1. The Morgan fingerprint density at radius 2 is 2.00 bits per heavy atom. The lowest BCUT2D eigenvalue weighted by Crippen LogP contribution is -2.49. The smallest absolute Gasteiger partial charge is 0.360 e. The van der Waals surface area contributed by atoms with Crippen LogP contribution >= 0.6 is 11.3 Å². The lowest BCUT2D eigenvalue weighted by molar-refractivity contribution is -0.135. The fraction of sp³-hybridized carbons (Fsp3) is 0.348. The lowest BCUT2D eigenvalue weighted by Gasteiger charge is -2.25. The van der Waals surface area contributed by atoms with Gasteiger partial charge in [0.05, 0.1) is 13.1 Å². The number of hydrogen-bond acceptors (Lipinski definition) is 8. The van der Waals surface area contributed by atoms with Gasteiger partial charge in [-0.3, -0.25) is 28.6 Å². The third kappa shape index (κ3) is 7.67. The molecule has 0 radical (unpaired) electrons. The minimum atomic E-state index is -4.66. The Morgan fingerprint density at radius 3 is 2.66 bits per heavy atom. The molecule has 1 aliphatic rings. The number of piperazine rings is 1. The van der Waals surface area contributed by atoms with Crippen LogP contribution in [-0.2, 0) is 20.9 Å². The van der Waals surface area contributed by atoms with Crippen molar-refractivity contribution in [2.75, 3.05) is 43.4 Å². The molecule has 0 saturated carbocycles. The first-order valence-corrected chi connectivity index (χ1v) is 12.2. The number of alkyl halides is 3. The molecule has 0 bridgehead atoms. The Morgan fingerprint density at radius 1 is 1.26 bits per heavy atom. The highest BCUT2D eigenvalue weighted by molar-refractivity contribution is 7.07. The topological polar surface area (TPSA) is 148 Å². The molecule has 3 amide bonds. The van der Waals surface area contributed by atoms with Crippen LogP contribution in [0.25, 0.3) is 11.8 Å². The molecule has 2 aromatic rings. The van der Waals surface area contributed by atoms with Crippen LogP contribution < -0.4 is 36.0 Å². The van der Waals surface area contributed by atoms with Gasteiger partial charge >= 0.3 is 6.18 Å². The first-order valence-electron chi connectivity index (χ1n) is 11.4. The molecule has 4 N–H and O–H groups in total. The summed E-state index contributed by atoms with van der Waals surface area (Å²) < 4.78 is 38.6. The van der Waals surface area contributed by atoms with E-state index in [1.165, 1.54) is 6.20 Å². The highest BCUT2D eigenvalue weighted by Gasteiger charge is 2.29. The second-order valence-corrected chi connectivity index (χ2v) is 9.11. The molecule has 38 heavy (non-hydrogen) atoms. The molecule has 1 aromatic carbocycles. The van der Waals surface area contributed by atoms with Crippen LogP contribution in [0.15, 0.2) is 29.1 Å². The van der Waals surface area contributed by atoms with Gasteiger partial charge in [-0.05, 0) is 25.1 Å². The van der Waals surface area contributed by atoms with Crippen molar-refractivity contribution in [2.24, 2.45) is 0 Å². The second-order valence-electron chi connectivity index (χ2n) is 8.08. The highest BCUT2D eigenvalue weighted by atomic mass is 32.1. The standard InChI is InChI=1S/C23H24F3N7O4S/c1-2-33-21(37)17(38-22(33)16(9-27)20(36)30-13-23(24,25)26)10-29-14-4-3-5-15(8-14)31-19(35)12-32-7-6-28-18(34)11-32/h3-5,8,10,29H,2,6-7,11-13H2,1H3,(H,28,34)(H,30,36)(H,31,35)/b17-10+,22-16-. The summed E-state index contributed by atoms with van der Waals surface area (Å²) in [6.07, 6.45) is -3.31. The number of rotatable bonds is 8. The summed E-state index contributed by atoms with van der Waals surface area (Å²) in [6, 6.07) is 8.20. The van der Waals surface area contributed by atoms with E-state index in [1.807, 2.05) is 0 Å². The van der Waals surface area contributed by atoms with Crippen LogP contribution in [0.2, 0.25) is 0 Å². The summed E-state index contributed by atoms with van der Waals surface area (Å²) in [4.78, 5) is 50.5. The SMILES string of the molecule is CCn1c(=O)/c(=C\Nc2cccc(NC(=O)CN3CCNC(=O)C3)c2)s/c1=C(/C#N)C(=O)NCC(F)(F)F. The molecule has 3 rings (SSSR count). The first-order chi connectivity index (χ1) is 18.0. The van der Waals surface area contributed by atoms with E-state index in [9.17, 15) is 37.6 Å². The third-order valence-electron chi connectivity index (χ3n) is 5.23. The van der Waals surface area contributed by atoms with Gasteiger partial charge in [-0.15, -0.1) is 11.3 Å². The van der Waals surface area contributed by atoms with Gasteiger partial charge in [0.15, 0.2) is 5.57 Å². The predicted molar refractivity (Wildman–Crippen MR) is 134 cm³/mol. The van der Waals surface area contributed by atoms with E-state index in [-0.39, 0.29) is 40.6 Å². The van der Waals surface area contributed by atoms with Gasteiger partial charge in [0, 0.05) is 37.2 Å². The van der Waals surface area contributed by atoms with E-state index in [0.717, 1.165) is 15.9 Å². The third-order valence-corrected chi connectivity index (χ3v) is 6.36. The number of carbonyl (C=O) groups excluding carboxylic acids is 3. The Balaban J connectivity index is 1.79. The Kier molecular flexibility index (Phi) is 9.26. The van der Waals surface area contributed by atoms with E-state index in [0.29, 0.717) is 24.5 Å². The maximum absolute atomic E-state index is 12.8. The van der Waals surface area contributed by atoms with Gasteiger partial charge in [-0.25, -0.2) is 0 Å². The number of nitriles is 1. The van der Waals surface area contributed by atoms with Gasteiger partial charge in [-0.1, -0.05) is 6.07 Å². The minimum Gasteiger partial charge on any atom is -0.360 e. The van der Waals surface area contributed by atoms with E-state index in [4.69, 9.17) is 0 Å². The Hall–Kier alpha value is -4.16. The van der Waals surface area contributed by atoms with Gasteiger partial charge in [-0.2, -0.15) is 18.4 Å². The van der Waals surface area contributed by atoms with Crippen molar-refractivity contribution in [1.29, 1.82) is 5.26 Å². The Labute approximate surface area is 218 Å². The van der Waals surface area contributed by atoms with Gasteiger partial charge in [0.25, 0.3) is 11.5 Å². The maximum Gasteiger partial charge on any atom is 0.405 e. The summed E-state index contributed by atoms with van der Waals surface area (Å²) in [6.45, 7) is 1.27.